The largest absolute Gasteiger partial charge is 0.368 e. The number of rotatable bonds is 4. The van der Waals surface area contributed by atoms with E-state index < -0.39 is 6.04 Å². The number of hydrogen-bond acceptors (Lipinski definition) is 4. The fourth-order valence-electron chi connectivity index (χ4n) is 3.55. The van der Waals surface area contributed by atoms with Crippen LogP contribution in [0, 0.1) is 0 Å². The van der Waals surface area contributed by atoms with Crippen molar-refractivity contribution in [2.24, 2.45) is 5.73 Å². The van der Waals surface area contributed by atoms with Gasteiger partial charge in [-0.1, -0.05) is 42.5 Å². The topological polar surface area (TPSA) is 59.2 Å². The van der Waals surface area contributed by atoms with Gasteiger partial charge in [-0.15, -0.1) is 11.3 Å². The minimum absolute atomic E-state index is 0.153. The Morgan fingerprint density at radius 2 is 1.92 bits per heavy atom. The summed E-state index contributed by atoms with van der Waals surface area (Å²) in [7, 11) is 0. The zero-order chi connectivity index (χ0) is 16.5. The van der Waals surface area contributed by atoms with Crippen LogP contribution in [0.5, 0.6) is 0 Å². The summed E-state index contributed by atoms with van der Waals surface area (Å²) in [5.41, 5.74) is 7.75. The molecule has 5 heteroatoms. The molecule has 0 aliphatic carbocycles. The number of fused-ring (bicyclic) bond motifs is 1. The van der Waals surface area contributed by atoms with E-state index in [1.807, 2.05) is 48.5 Å². The minimum atomic E-state index is -0.397. The van der Waals surface area contributed by atoms with Crippen molar-refractivity contribution in [3.8, 4) is 0 Å². The van der Waals surface area contributed by atoms with Gasteiger partial charge in [-0.2, -0.15) is 0 Å². The molecule has 2 atom stereocenters. The van der Waals surface area contributed by atoms with Gasteiger partial charge in [-0.05, 0) is 30.5 Å². The maximum atomic E-state index is 12.2. The molecule has 1 amide bonds. The van der Waals surface area contributed by atoms with Gasteiger partial charge in [-0.25, -0.2) is 4.98 Å². The van der Waals surface area contributed by atoms with Crippen molar-refractivity contribution in [1.29, 1.82) is 0 Å². The van der Waals surface area contributed by atoms with Crippen LogP contribution in [0.2, 0.25) is 0 Å². The molecule has 4 nitrogen and oxygen atoms in total. The second-order valence-electron chi connectivity index (χ2n) is 6.13. The zero-order valence-corrected chi connectivity index (χ0v) is 14.1. The third kappa shape index (κ3) is 2.70. The van der Waals surface area contributed by atoms with Crippen molar-refractivity contribution in [2.75, 3.05) is 6.54 Å². The molecule has 4 rings (SSSR count). The molecular formula is C19H19N3OS. The van der Waals surface area contributed by atoms with E-state index in [-0.39, 0.29) is 11.9 Å². The second kappa shape index (κ2) is 6.34. The van der Waals surface area contributed by atoms with E-state index in [1.54, 1.807) is 11.3 Å². The molecule has 2 aromatic carbocycles. The summed E-state index contributed by atoms with van der Waals surface area (Å²) in [6.45, 7) is 0.864. The molecule has 1 aliphatic rings. The molecule has 2 N–H and O–H groups in total. The van der Waals surface area contributed by atoms with E-state index in [1.165, 1.54) is 4.70 Å². The lowest BCUT2D eigenvalue weighted by molar-refractivity contribution is -0.123. The first kappa shape index (κ1) is 15.3. The first-order chi connectivity index (χ1) is 11.7. The second-order valence-corrected chi connectivity index (χ2v) is 7.19. The fraction of sp³-hybridized carbons (Fsp3) is 0.263. The van der Waals surface area contributed by atoms with Crippen LogP contribution in [0.3, 0.4) is 0 Å². The molecular weight excluding hydrogens is 318 g/mol. The van der Waals surface area contributed by atoms with Gasteiger partial charge in [0.25, 0.3) is 0 Å². The molecule has 24 heavy (non-hydrogen) atoms. The molecule has 1 aromatic heterocycles. The third-order valence-corrected chi connectivity index (χ3v) is 5.74. The standard InChI is InChI=1S/C19H19N3OS/c20-18(23)17(13-7-2-1-3-8-13)22-12-6-10-15(22)19-21-14-9-4-5-11-16(14)24-19/h1-5,7-9,11,15,17H,6,10,12H2,(H2,20,23). The Morgan fingerprint density at radius 1 is 1.17 bits per heavy atom. The van der Waals surface area contributed by atoms with Crippen LogP contribution < -0.4 is 5.73 Å². The van der Waals surface area contributed by atoms with Crippen LogP contribution in [0.15, 0.2) is 54.6 Å². The number of thiazole rings is 1. The number of amides is 1. The molecule has 2 heterocycles. The molecule has 1 aliphatic heterocycles. The average Bonchev–Trinajstić information content (AvgIpc) is 3.22. The lowest BCUT2D eigenvalue weighted by atomic mass is 10.0. The molecule has 2 unspecified atom stereocenters. The van der Waals surface area contributed by atoms with Crippen LogP contribution in [0.1, 0.15) is 35.5 Å². The number of para-hydroxylation sites is 1. The maximum absolute atomic E-state index is 12.2. The number of likely N-dealkylation sites (tertiary alicyclic amines) is 1. The highest BCUT2D eigenvalue weighted by atomic mass is 32.1. The monoisotopic (exact) mass is 337 g/mol. The van der Waals surface area contributed by atoms with Crippen LogP contribution in [0.4, 0.5) is 0 Å². The Bertz CT molecular complexity index is 828. The quantitative estimate of drug-likeness (QED) is 0.790. The number of nitrogens with two attached hydrogens (primary N) is 1. The number of carbonyl (C=O) groups excluding carboxylic acids is 1. The van der Waals surface area contributed by atoms with E-state index in [0.717, 1.165) is 35.5 Å². The van der Waals surface area contributed by atoms with Gasteiger partial charge < -0.3 is 5.73 Å². The minimum Gasteiger partial charge on any atom is -0.368 e. The van der Waals surface area contributed by atoms with Gasteiger partial charge in [0.05, 0.1) is 16.3 Å². The molecule has 1 saturated heterocycles. The molecule has 122 valence electrons. The maximum Gasteiger partial charge on any atom is 0.239 e. The Morgan fingerprint density at radius 3 is 2.67 bits per heavy atom. The molecule has 0 radical (unpaired) electrons. The van der Waals surface area contributed by atoms with Crippen LogP contribution in [0.25, 0.3) is 10.2 Å². The molecule has 1 fully saturated rings. The SMILES string of the molecule is NC(=O)C(c1ccccc1)N1CCCC1c1nc2ccccc2s1. The number of benzene rings is 2. The molecule has 3 aromatic rings. The normalized spacial score (nSPS) is 19.6. The van der Waals surface area contributed by atoms with Gasteiger partial charge in [0.1, 0.15) is 11.0 Å². The van der Waals surface area contributed by atoms with E-state index in [0.29, 0.717) is 0 Å². The van der Waals surface area contributed by atoms with Gasteiger partial charge in [0, 0.05) is 6.54 Å². The lowest BCUT2D eigenvalue weighted by Gasteiger charge is -2.30. The van der Waals surface area contributed by atoms with Crippen molar-refractivity contribution < 1.29 is 4.79 Å². The summed E-state index contributed by atoms with van der Waals surface area (Å²) in [6, 6.07) is 17.7. The number of carbonyl (C=O) groups is 1. The molecule has 0 bridgehead atoms. The third-order valence-electron chi connectivity index (χ3n) is 4.61. The van der Waals surface area contributed by atoms with Gasteiger partial charge in [-0.3, -0.25) is 9.69 Å². The Kier molecular flexibility index (Phi) is 4.04. The number of nitrogens with zero attached hydrogens (tertiary/aromatic N) is 2. The summed E-state index contributed by atoms with van der Waals surface area (Å²) in [5.74, 6) is -0.297. The molecule has 0 spiro atoms. The summed E-state index contributed by atoms with van der Waals surface area (Å²) < 4.78 is 1.19. The van der Waals surface area contributed by atoms with Crippen LogP contribution in [-0.4, -0.2) is 22.3 Å². The average molecular weight is 337 g/mol. The highest BCUT2D eigenvalue weighted by molar-refractivity contribution is 7.18. The van der Waals surface area contributed by atoms with Crippen molar-refractivity contribution in [3.05, 3.63) is 65.2 Å². The Labute approximate surface area is 144 Å². The number of primary amides is 1. The summed E-state index contributed by atoms with van der Waals surface area (Å²) in [6.07, 6.45) is 2.06. The lowest BCUT2D eigenvalue weighted by Crippen LogP contribution is -2.37. The first-order valence-corrected chi connectivity index (χ1v) is 9.01. The van der Waals surface area contributed by atoms with E-state index in [4.69, 9.17) is 10.7 Å². The van der Waals surface area contributed by atoms with E-state index >= 15 is 0 Å². The predicted octanol–water partition coefficient (Wildman–Crippen LogP) is 3.66. The summed E-state index contributed by atoms with van der Waals surface area (Å²) in [4.78, 5) is 19.2. The van der Waals surface area contributed by atoms with Crippen molar-refractivity contribution in [2.45, 2.75) is 24.9 Å². The predicted molar refractivity (Wildman–Crippen MR) is 96.7 cm³/mol. The number of hydrogen-bond donors (Lipinski definition) is 1. The molecule has 0 saturated carbocycles. The highest BCUT2D eigenvalue weighted by Gasteiger charge is 2.37. The van der Waals surface area contributed by atoms with E-state index in [2.05, 4.69) is 11.0 Å². The van der Waals surface area contributed by atoms with Crippen molar-refractivity contribution in [1.82, 2.24) is 9.88 Å². The van der Waals surface area contributed by atoms with Crippen molar-refractivity contribution in [3.63, 3.8) is 0 Å². The Hall–Kier alpha value is -2.24. The Balaban J connectivity index is 1.72. The van der Waals surface area contributed by atoms with Crippen LogP contribution in [-0.2, 0) is 4.79 Å². The smallest absolute Gasteiger partial charge is 0.239 e. The van der Waals surface area contributed by atoms with Gasteiger partial charge in [0.2, 0.25) is 5.91 Å². The highest BCUT2D eigenvalue weighted by Crippen LogP contribution is 2.41. The summed E-state index contributed by atoms with van der Waals surface area (Å²) >= 11 is 1.72. The zero-order valence-electron chi connectivity index (χ0n) is 13.3. The van der Waals surface area contributed by atoms with E-state index in [9.17, 15) is 4.79 Å². The van der Waals surface area contributed by atoms with Gasteiger partial charge >= 0.3 is 0 Å². The first-order valence-electron chi connectivity index (χ1n) is 8.19. The summed E-state index contributed by atoms with van der Waals surface area (Å²) in [5, 5.41) is 1.08. The van der Waals surface area contributed by atoms with Gasteiger partial charge in [0.15, 0.2) is 0 Å². The number of aromatic nitrogens is 1. The fourth-order valence-corrected chi connectivity index (χ4v) is 4.67. The van der Waals surface area contributed by atoms with Crippen molar-refractivity contribution >= 4 is 27.5 Å². The van der Waals surface area contributed by atoms with Crippen LogP contribution >= 0.6 is 11.3 Å².